The van der Waals surface area contributed by atoms with Gasteiger partial charge in [-0.15, -0.1) is 0 Å². The smallest absolute Gasteiger partial charge is 0.145 e. The van der Waals surface area contributed by atoms with Crippen LogP contribution in [0.2, 0.25) is 0 Å². The van der Waals surface area contributed by atoms with Crippen LogP contribution < -0.4 is 0 Å². The van der Waals surface area contributed by atoms with Gasteiger partial charge in [0.1, 0.15) is 17.3 Å². The van der Waals surface area contributed by atoms with Crippen LogP contribution in [0.1, 0.15) is 11.1 Å². The molecule has 0 spiro atoms. The van der Waals surface area contributed by atoms with E-state index in [0.717, 1.165) is 96.7 Å². The number of hydrogen-bond donors (Lipinski definition) is 1. The number of rotatable bonds is 5. The van der Waals surface area contributed by atoms with Crippen LogP contribution in [0, 0.1) is 0 Å². The molecular weight excluding hydrogens is 587 g/mol. The van der Waals surface area contributed by atoms with Gasteiger partial charge in [0.05, 0.1) is 17.1 Å². The van der Waals surface area contributed by atoms with E-state index in [1.54, 1.807) is 6.07 Å². The van der Waals surface area contributed by atoms with E-state index < -0.39 is 0 Å². The van der Waals surface area contributed by atoms with Crippen LogP contribution >= 0.6 is 0 Å². The fourth-order valence-electron chi connectivity index (χ4n) is 7.18. The van der Waals surface area contributed by atoms with Gasteiger partial charge >= 0.3 is 0 Å². The lowest BCUT2D eigenvalue weighted by atomic mass is 9.88. The van der Waals surface area contributed by atoms with Crippen LogP contribution in [-0.2, 0) is 12.8 Å². The highest BCUT2D eigenvalue weighted by molar-refractivity contribution is 5.97. The Bertz CT molecular complexity index is 2400. The number of para-hydroxylation sites is 1. The average Bonchev–Trinajstić information content (AvgIpc) is 3.60. The van der Waals surface area contributed by atoms with E-state index in [2.05, 4.69) is 150 Å². The highest BCUT2D eigenvalue weighted by atomic mass is 16.3. The quantitative estimate of drug-likeness (QED) is 0.209. The van der Waals surface area contributed by atoms with E-state index in [4.69, 9.17) is 9.97 Å². The lowest BCUT2D eigenvalue weighted by molar-refractivity contribution is 0.476. The van der Waals surface area contributed by atoms with Gasteiger partial charge in [-0.2, -0.15) is 0 Å². The molecule has 2 heterocycles. The molecule has 0 aliphatic heterocycles. The van der Waals surface area contributed by atoms with Crippen molar-refractivity contribution in [1.29, 1.82) is 0 Å². The third-order valence-corrected chi connectivity index (χ3v) is 9.45. The molecule has 2 aromatic heterocycles. The molecule has 4 nitrogen and oxygen atoms in total. The normalized spacial score (nSPS) is 12.1. The maximum absolute atomic E-state index is 10.9. The number of hydrogen-bond acceptors (Lipinski definition) is 3. The molecular formula is C44H31N3O. The Balaban J connectivity index is 1.34. The van der Waals surface area contributed by atoms with Gasteiger partial charge in [-0.05, 0) is 58.0 Å². The second-order valence-corrected chi connectivity index (χ2v) is 12.3. The van der Waals surface area contributed by atoms with Gasteiger partial charge in [-0.3, -0.25) is 4.57 Å². The summed E-state index contributed by atoms with van der Waals surface area (Å²) in [5, 5.41) is 13.2. The monoisotopic (exact) mass is 617 g/mol. The number of aryl methyl sites for hydroxylation is 2. The highest BCUT2D eigenvalue weighted by Gasteiger charge is 2.24. The summed E-state index contributed by atoms with van der Waals surface area (Å²) in [6.07, 6.45) is 3.91. The van der Waals surface area contributed by atoms with Crippen molar-refractivity contribution in [3.05, 3.63) is 169 Å². The van der Waals surface area contributed by atoms with Crippen molar-refractivity contribution >= 4 is 10.8 Å². The number of benzene rings is 6. The van der Waals surface area contributed by atoms with Crippen LogP contribution in [-0.4, -0.2) is 19.6 Å². The fraction of sp³-hybridized carbons (Fsp3) is 0.0455. The molecule has 0 atom stereocenters. The predicted octanol–water partition coefficient (Wildman–Crippen LogP) is 10.6. The Morgan fingerprint density at radius 3 is 1.90 bits per heavy atom. The molecule has 6 aromatic carbocycles. The van der Waals surface area contributed by atoms with Gasteiger partial charge in [0.25, 0.3) is 0 Å². The van der Waals surface area contributed by atoms with E-state index in [1.807, 2.05) is 6.07 Å². The van der Waals surface area contributed by atoms with Gasteiger partial charge in [0, 0.05) is 28.5 Å². The molecule has 0 radical (unpaired) electrons. The predicted molar refractivity (Wildman–Crippen MR) is 195 cm³/mol. The summed E-state index contributed by atoms with van der Waals surface area (Å²) >= 11 is 0. The minimum absolute atomic E-state index is 0.268. The maximum Gasteiger partial charge on any atom is 0.145 e. The van der Waals surface area contributed by atoms with Crippen LogP contribution in [0.25, 0.3) is 72.7 Å². The largest absolute Gasteiger partial charge is 0.507 e. The van der Waals surface area contributed by atoms with Crippen molar-refractivity contribution < 1.29 is 5.11 Å². The van der Waals surface area contributed by atoms with Gasteiger partial charge in [0.2, 0.25) is 0 Å². The first-order valence-electron chi connectivity index (χ1n) is 16.4. The molecule has 0 amide bonds. The lowest BCUT2D eigenvalue weighted by Crippen LogP contribution is -2.06. The van der Waals surface area contributed by atoms with Crippen molar-refractivity contribution in [2.24, 2.45) is 0 Å². The van der Waals surface area contributed by atoms with Crippen molar-refractivity contribution in [1.82, 2.24) is 14.5 Å². The van der Waals surface area contributed by atoms with E-state index in [0.29, 0.717) is 0 Å². The number of imidazole rings is 1. The summed E-state index contributed by atoms with van der Waals surface area (Å²) in [4.78, 5) is 10.6. The molecule has 1 aliphatic rings. The zero-order chi connectivity index (χ0) is 32.0. The van der Waals surface area contributed by atoms with Crippen molar-refractivity contribution in [2.75, 3.05) is 0 Å². The van der Waals surface area contributed by atoms with Crippen LogP contribution in [0.15, 0.2) is 158 Å². The molecule has 0 bridgehead atoms. The minimum Gasteiger partial charge on any atom is -0.507 e. The molecule has 228 valence electrons. The molecule has 0 fully saturated rings. The summed E-state index contributed by atoms with van der Waals surface area (Å²) in [6, 6.07) is 52.5. The minimum atomic E-state index is 0.268. The van der Waals surface area contributed by atoms with Gasteiger partial charge < -0.3 is 5.11 Å². The topological polar surface area (TPSA) is 50.9 Å². The van der Waals surface area contributed by atoms with Crippen LogP contribution in [0.5, 0.6) is 5.75 Å². The molecule has 8 aromatic rings. The number of phenols is 1. The van der Waals surface area contributed by atoms with E-state index in [-0.39, 0.29) is 5.75 Å². The Morgan fingerprint density at radius 1 is 0.500 bits per heavy atom. The lowest BCUT2D eigenvalue weighted by Gasteiger charge is -2.20. The highest BCUT2D eigenvalue weighted by Crippen LogP contribution is 2.42. The maximum atomic E-state index is 10.9. The molecule has 0 saturated carbocycles. The van der Waals surface area contributed by atoms with Crippen molar-refractivity contribution in [3.63, 3.8) is 0 Å². The Labute approximate surface area is 279 Å². The molecule has 1 N–H and O–H groups in total. The second-order valence-electron chi connectivity index (χ2n) is 12.3. The van der Waals surface area contributed by atoms with Crippen molar-refractivity contribution in [3.8, 4) is 67.7 Å². The standard InChI is InChI=1S/C44H31N3O/c48-40-23-10-18-32-24-25-33-26-27-38(45-42(33)41(32)40)39-28-47(44(46-39)37-22-9-17-29-16-7-8-19-34(29)37)43-35(30-12-3-1-4-13-30)20-11-21-36(43)31-14-5-2-6-15-31/h1-23,26-28,48H,24-25H2. The fourth-order valence-corrected chi connectivity index (χ4v) is 7.18. The summed E-state index contributed by atoms with van der Waals surface area (Å²) in [6.45, 7) is 0. The zero-order valence-corrected chi connectivity index (χ0v) is 26.2. The van der Waals surface area contributed by atoms with E-state index in [9.17, 15) is 5.11 Å². The SMILES string of the molecule is Oc1cccc2c1-c1nc(-c3cn(-c4c(-c5ccccc5)cccc4-c4ccccc4)c(-c4cccc5ccccc45)n3)ccc1CC2. The number of fused-ring (bicyclic) bond motifs is 4. The molecule has 4 heteroatoms. The first-order chi connectivity index (χ1) is 23.7. The number of aromatic hydroxyl groups is 1. The third kappa shape index (κ3) is 4.69. The van der Waals surface area contributed by atoms with Crippen molar-refractivity contribution in [2.45, 2.75) is 12.8 Å². The summed E-state index contributed by atoms with van der Waals surface area (Å²) in [7, 11) is 0. The number of nitrogens with zero attached hydrogens (tertiary/aromatic N) is 3. The van der Waals surface area contributed by atoms with E-state index >= 15 is 0 Å². The summed E-state index contributed by atoms with van der Waals surface area (Å²) in [5.74, 6) is 1.11. The Morgan fingerprint density at radius 2 is 1.12 bits per heavy atom. The molecule has 48 heavy (non-hydrogen) atoms. The average molecular weight is 618 g/mol. The second kappa shape index (κ2) is 11.5. The molecule has 9 rings (SSSR count). The molecule has 0 unspecified atom stereocenters. The number of phenolic OH excluding ortho intramolecular Hbond substituents is 1. The molecule has 1 aliphatic carbocycles. The Kier molecular flexibility index (Phi) is 6.72. The molecule has 0 saturated heterocycles. The van der Waals surface area contributed by atoms with Gasteiger partial charge in [-0.25, -0.2) is 9.97 Å². The first-order valence-corrected chi connectivity index (χ1v) is 16.4. The third-order valence-electron chi connectivity index (χ3n) is 9.45. The van der Waals surface area contributed by atoms with Gasteiger partial charge in [-0.1, -0.05) is 140 Å². The first kappa shape index (κ1) is 28.0. The zero-order valence-electron chi connectivity index (χ0n) is 26.2. The number of aromatic nitrogens is 3. The summed E-state index contributed by atoms with van der Waals surface area (Å²) in [5.41, 5.74) is 12.0. The van der Waals surface area contributed by atoms with Crippen LogP contribution in [0.3, 0.4) is 0 Å². The Hall–Kier alpha value is -6.26. The van der Waals surface area contributed by atoms with E-state index in [1.165, 1.54) is 0 Å². The number of pyridine rings is 1. The van der Waals surface area contributed by atoms with Crippen LogP contribution in [0.4, 0.5) is 0 Å². The van der Waals surface area contributed by atoms with Gasteiger partial charge in [0.15, 0.2) is 0 Å². The summed E-state index contributed by atoms with van der Waals surface area (Å²) < 4.78 is 2.26.